The maximum atomic E-state index is 10.1. The number of pyridine rings is 1. The molecule has 1 aliphatic carbocycles. The van der Waals surface area contributed by atoms with Gasteiger partial charge in [-0.05, 0) is 31.7 Å². The Morgan fingerprint density at radius 3 is 2.83 bits per heavy atom. The van der Waals surface area contributed by atoms with E-state index >= 15 is 0 Å². The van der Waals surface area contributed by atoms with Gasteiger partial charge >= 0.3 is 0 Å². The fourth-order valence-electron chi connectivity index (χ4n) is 1.54. The Morgan fingerprint density at radius 1 is 1.58 bits per heavy atom. The van der Waals surface area contributed by atoms with Crippen molar-refractivity contribution in [3.05, 3.63) is 30.1 Å². The quantitative estimate of drug-likeness (QED) is 0.719. The molecule has 1 atom stereocenters. The van der Waals surface area contributed by atoms with Gasteiger partial charge in [-0.1, -0.05) is 6.07 Å². The van der Waals surface area contributed by atoms with E-state index in [9.17, 15) is 5.11 Å². The summed E-state index contributed by atoms with van der Waals surface area (Å²) in [6.45, 7) is 1.88. The molecule has 1 aliphatic rings. The summed E-state index contributed by atoms with van der Waals surface area (Å²) in [5.41, 5.74) is 0.279. The maximum absolute atomic E-state index is 10.1. The van der Waals surface area contributed by atoms with Gasteiger partial charge in [0, 0.05) is 18.0 Å². The number of rotatable bonds is 2. The van der Waals surface area contributed by atoms with E-state index in [0.29, 0.717) is 5.92 Å². The van der Waals surface area contributed by atoms with Gasteiger partial charge in [0.2, 0.25) is 0 Å². The van der Waals surface area contributed by atoms with E-state index in [4.69, 9.17) is 0 Å². The first kappa shape index (κ1) is 7.74. The summed E-state index contributed by atoms with van der Waals surface area (Å²) in [7, 11) is 0. The molecule has 0 saturated heterocycles. The standard InChI is InChI=1S/C10H13NO/c1-10(12,8-4-5-8)9-3-2-6-11-7-9/h2-3,6-8,12H,4-5H2,1H3/t10-/m1/s1. The first-order chi connectivity index (χ1) is 5.71. The Morgan fingerprint density at radius 2 is 2.33 bits per heavy atom. The molecule has 1 aromatic heterocycles. The van der Waals surface area contributed by atoms with Gasteiger partial charge in [-0.3, -0.25) is 4.98 Å². The molecule has 1 aromatic rings. The van der Waals surface area contributed by atoms with Gasteiger partial charge in [0.25, 0.3) is 0 Å². The van der Waals surface area contributed by atoms with Gasteiger partial charge in [-0.15, -0.1) is 0 Å². The van der Waals surface area contributed by atoms with E-state index in [2.05, 4.69) is 4.98 Å². The third-order valence-corrected chi connectivity index (χ3v) is 2.62. The first-order valence-corrected chi connectivity index (χ1v) is 4.34. The van der Waals surface area contributed by atoms with E-state index in [1.807, 2.05) is 19.1 Å². The molecule has 0 bridgehead atoms. The fourth-order valence-corrected chi connectivity index (χ4v) is 1.54. The van der Waals surface area contributed by atoms with Crippen LogP contribution < -0.4 is 0 Å². The molecule has 0 radical (unpaired) electrons. The van der Waals surface area contributed by atoms with Crippen LogP contribution in [0.3, 0.4) is 0 Å². The van der Waals surface area contributed by atoms with Crippen molar-refractivity contribution in [2.75, 3.05) is 0 Å². The topological polar surface area (TPSA) is 33.1 Å². The molecule has 1 fully saturated rings. The highest BCUT2D eigenvalue weighted by Gasteiger charge is 2.41. The predicted octanol–water partition coefficient (Wildman–Crippen LogP) is 1.70. The summed E-state index contributed by atoms with van der Waals surface area (Å²) >= 11 is 0. The number of nitrogens with zero attached hydrogens (tertiary/aromatic N) is 1. The lowest BCUT2D eigenvalue weighted by Gasteiger charge is -2.22. The zero-order valence-corrected chi connectivity index (χ0v) is 7.20. The van der Waals surface area contributed by atoms with Gasteiger partial charge < -0.3 is 5.11 Å². The van der Waals surface area contributed by atoms with E-state index < -0.39 is 5.60 Å². The number of hydrogen-bond donors (Lipinski definition) is 1. The van der Waals surface area contributed by atoms with Crippen LogP contribution >= 0.6 is 0 Å². The monoisotopic (exact) mass is 163 g/mol. The molecule has 2 heteroatoms. The summed E-state index contributed by atoms with van der Waals surface area (Å²) in [5, 5.41) is 10.1. The largest absolute Gasteiger partial charge is 0.385 e. The second-order valence-electron chi connectivity index (χ2n) is 3.66. The van der Waals surface area contributed by atoms with Crippen LogP contribution in [0.4, 0.5) is 0 Å². The van der Waals surface area contributed by atoms with Gasteiger partial charge in [-0.2, -0.15) is 0 Å². The van der Waals surface area contributed by atoms with Crippen LogP contribution in [0.1, 0.15) is 25.3 Å². The molecule has 0 unspecified atom stereocenters. The highest BCUT2D eigenvalue weighted by atomic mass is 16.3. The second kappa shape index (κ2) is 2.56. The van der Waals surface area contributed by atoms with E-state index in [-0.39, 0.29) is 0 Å². The minimum Gasteiger partial charge on any atom is -0.385 e. The lowest BCUT2D eigenvalue weighted by atomic mass is 9.92. The summed E-state index contributed by atoms with van der Waals surface area (Å²) in [6.07, 6.45) is 5.76. The van der Waals surface area contributed by atoms with Crippen molar-refractivity contribution in [1.82, 2.24) is 4.98 Å². The van der Waals surface area contributed by atoms with Crippen molar-refractivity contribution in [3.63, 3.8) is 0 Å². The normalized spacial score (nSPS) is 21.8. The Balaban J connectivity index is 2.28. The molecule has 2 rings (SSSR count). The molecule has 1 N–H and O–H groups in total. The minimum atomic E-state index is -0.658. The van der Waals surface area contributed by atoms with Crippen molar-refractivity contribution in [2.45, 2.75) is 25.4 Å². The average molecular weight is 163 g/mol. The summed E-state index contributed by atoms with van der Waals surface area (Å²) in [6, 6.07) is 3.80. The van der Waals surface area contributed by atoms with Crippen LogP contribution in [0.15, 0.2) is 24.5 Å². The second-order valence-corrected chi connectivity index (χ2v) is 3.66. The maximum Gasteiger partial charge on any atom is 0.0911 e. The lowest BCUT2D eigenvalue weighted by Crippen LogP contribution is -2.23. The summed E-state index contributed by atoms with van der Waals surface area (Å²) < 4.78 is 0. The van der Waals surface area contributed by atoms with Gasteiger partial charge in [0.1, 0.15) is 0 Å². The van der Waals surface area contributed by atoms with Crippen LogP contribution in [0, 0.1) is 5.92 Å². The summed E-state index contributed by atoms with van der Waals surface area (Å²) in [4.78, 5) is 4.00. The Kier molecular flexibility index (Phi) is 1.65. The van der Waals surface area contributed by atoms with Crippen LogP contribution in [0.25, 0.3) is 0 Å². The molecular formula is C10H13NO. The molecular weight excluding hydrogens is 150 g/mol. The van der Waals surface area contributed by atoms with Gasteiger partial charge in [-0.25, -0.2) is 0 Å². The van der Waals surface area contributed by atoms with Gasteiger partial charge in [0.15, 0.2) is 0 Å². The highest BCUT2D eigenvalue weighted by Crippen LogP contribution is 2.44. The van der Waals surface area contributed by atoms with E-state index in [1.54, 1.807) is 12.4 Å². The average Bonchev–Trinajstić information content (AvgIpc) is 2.88. The molecule has 2 nitrogen and oxygen atoms in total. The summed E-state index contributed by atoms with van der Waals surface area (Å²) in [5.74, 6) is 0.446. The zero-order valence-electron chi connectivity index (χ0n) is 7.20. The molecule has 0 spiro atoms. The van der Waals surface area contributed by atoms with Crippen molar-refractivity contribution in [1.29, 1.82) is 0 Å². The molecule has 12 heavy (non-hydrogen) atoms. The van der Waals surface area contributed by atoms with Crippen LogP contribution in [-0.2, 0) is 5.60 Å². The number of aromatic nitrogens is 1. The molecule has 0 amide bonds. The Bertz CT molecular complexity index is 264. The van der Waals surface area contributed by atoms with Crippen molar-refractivity contribution in [3.8, 4) is 0 Å². The van der Waals surface area contributed by atoms with Gasteiger partial charge in [0.05, 0.1) is 5.60 Å². The van der Waals surface area contributed by atoms with E-state index in [1.165, 1.54) is 0 Å². The van der Waals surface area contributed by atoms with Crippen LogP contribution in [-0.4, -0.2) is 10.1 Å². The van der Waals surface area contributed by atoms with Crippen molar-refractivity contribution < 1.29 is 5.11 Å². The predicted molar refractivity (Wildman–Crippen MR) is 46.5 cm³/mol. The lowest BCUT2D eigenvalue weighted by molar-refractivity contribution is 0.0327. The molecule has 1 heterocycles. The third-order valence-electron chi connectivity index (χ3n) is 2.62. The Labute approximate surface area is 72.3 Å². The number of aliphatic hydroxyl groups is 1. The molecule has 1 saturated carbocycles. The Hall–Kier alpha value is -0.890. The van der Waals surface area contributed by atoms with Crippen molar-refractivity contribution in [2.24, 2.45) is 5.92 Å². The van der Waals surface area contributed by atoms with Crippen LogP contribution in [0.5, 0.6) is 0 Å². The van der Waals surface area contributed by atoms with Crippen LogP contribution in [0.2, 0.25) is 0 Å². The molecule has 0 aromatic carbocycles. The first-order valence-electron chi connectivity index (χ1n) is 4.34. The third kappa shape index (κ3) is 1.23. The smallest absolute Gasteiger partial charge is 0.0911 e. The highest BCUT2D eigenvalue weighted by molar-refractivity contribution is 5.19. The van der Waals surface area contributed by atoms with E-state index in [0.717, 1.165) is 18.4 Å². The molecule has 0 aliphatic heterocycles. The zero-order chi connectivity index (χ0) is 8.60. The minimum absolute atomic E-state index is 0.446. The SMILES string of the molecule is C[C@](O)(c1cccnc1)C1CC1. The van der Waals surface area contributed by atoms with Crippen molar-refractivity contribution >= 4 is 0 Å². The molecule has 64 valence electrons. The number of hydrogen-bond acceptors (Lipinski definition) is 2. The fraction of sp³-hybridized carbons (Fsp3) is 0.500.